The van der Waals surface area contributed by atoms with E-state index >= 15 is 4.39 Å². The number of aromatic amines is 1. The fraction of sp³-hybridized carbons (Fsp3) is 0. The van der Waals surface area contributed by atoms with Gasteiger partial charge in [0.25, 0.3) is 10.0 Å². The minimum atomic E-state index is -4.31. The number of carbonyl (C=O) groups is 1. The Morgan fingerprint density at radius 1 is 1.25 bits per heavy atom. The Bertz CT molecular complexity index is 1510. The van der Waals surface area contributed by atoms with Gasteiger partial charge in [0.05, 0.1) is 26.9 Å². The summed E-state index contributed by atoms with van der Waals surface area (Å²) in [6.45, 7) is 3.56. The van der Waals surface area contributed by atoms with E-state index in [-0.39, 0.29) is 37.8 Å². The number of carbonyl (C=O) groups excluding carboxylic acids is 1. The Labute approximate surface area is 185 Å². The van der Waals surface area contributed by atoms with E-state index in [4.69, 9.17) is 17.0 Å². The minimum Gasteiger partial charge on any atom is -0.345 e. The van der Waals surface area contributed by atoms with Crippen molar-refractivity contribution in [3.63, 3.8) is 0 Å². The first-order valence-corrected chi connectivity index (χ1v) is 10.8. The molecule has 0 amide bonds. The van der Waals surface area contributed by atoms with Gasteiger partial charge in [0, 0.05) is 23.3 Å². The Morgan fingerprint density at radius 2 is 2.00 bits per heavy atom. The number of aromatic nitrogens is 2. The van der Waals surface area contributed by atoms with Gasteiger partial charge in [0.1, 0.15) is 11.5 Å². The lowest BCUT2D eigenvalue weighted by Crippen LogP contribution is -2.18. The Morgan fingerprint density at radius 3 is 2.72 bits per heavy atom. The first-order chi connectivity index (χ1) is 15.1. The van der Waals surface area contributed by atoms with Crippen LogP contribution in [-0.2, 0) is 10.0 Å². The van der Waals surface area contributed by atoms with Crippen LogP contribution in [0.1, 0.15) is 15.9 Å². The molecule has 11 heteroatoms. The van der Waals surface area contributed by atoms with Crippen LogP contribution in [-0.4, -0.2) is 29.9 Å². The number of benzene rings is 1. The first-order valence-electron chi connectivity index (χ1n) is 8.94. The third-order valence-electron chi connectivity index (χ3n) is 4.69. The molecule has 1 aliphatic carbocycles. The Kier molecular flexibility index (Phi) is 5.27. The van der Waals surface area contributed by atoms with Gasteiger partial charge in [-0.3, -0.25) is 9.52 Å². The largest absolute Gasteiger partial charge is 0.345 e. The number of anilines is 1. The maximum absolute atomic E-state index is 15.2. The number of ketones is 1. The van der Waals surface area contributed by atoms with Crippen molar-refractivity contribution in [1.82, 2.24) is 9.97 Å². The number of nitrogens with zero attached hydrogens (tertiary/aromatic N) is 1. The zero-order valence-electron chi connectivity index (χ0n) is 16.0. The van der Waals surface area contributed by atoms with Crippen LogP contribution in [0.15, 0.2) is 65.9 Å². The third-order valence-corrected chi connectivity index (χ3v) is 6.26. The van der Waals surface area contributed by atoms with Gasteiger partial charge < -0.3 is 10.4 Å². The van der Waals surface area contributed by atoms with Crippen LogP contribution < -0.4 is 4.72 Å². The highest BCUT2D eigenvalue weighted by molar-refractivity contribution is 7.96. The molecule has 4 rings (SSSR count). The molecule has 0 radical (unpaired) electrons. The molecule has 0 saturated heterocycles. The molecule has 0 unspecified atom stereocenters. The highest BCUT2D eigenvalue weighted by Gasteiger charge is 2.27. The van der Waals surface area contributed by atoms with E-state index in [1.807, 2.05) is 4.72 Å². The van der Waals surface area contributed by atoms with Crippen molar-refractivity contribution in [2.45, 2.75) is 0 Å². The van der Waals surface area contributed by atoms with Crippen LogP contribution in [0.2, 0.25) is 5.02 Å². The Balaban J connectivity index is 1.75. The summed E-state index contributed by atoms with van der Waals surface area (Å²) in [5, 5.41) is 8.06. The van der Waals surface area contributed by atoms with Gasteiger partial charge in [-0.1, -0.05) is 18.2 Å². The number of nitrogens with one attached hydrogen (secondary N) is 3. The lowest BCUT2D eigenvalue weighted by molar-refractivity contribution is 0.103. The number of rotatable bonds is 5. The summed E-state index contributed by atoms with van der Waals surface area (Å²) in [6, 6.07) is 3.08. The smallest absolute Gasteiger partial charge is 0.262 e. The predicted octanol–water partition coefficient (Wildman–Crippen LogP) is 4.50. The molecule has 0 saturated carbocycles. The standard InChI is InChI=1S/C21H13ClF2N4O3S/c1-10-6-12(2-4-16(10)25)32(30,31)28-17-5-3-15(23)18(19(17)24)20(29)14-9-27-21-13(14)7-11(22)8-26-21/h2-9,25,28H,1H2,(H,26,27). The molecule has 2 heterocycles. The molecule has 0 spiro atoms. The van der Waals surface area contributed by atoms with Gasteiger partial charge >= 0.3 is 0 Å². The lowest BCUT2D eigenvalue weighted by Gasteiger charge is -2.14. The molecule has 7 nitrogen and oxygen atoms in total. The summed E-state index contributed by atoms with van der Waals surface area (Å²) in [5.41, 5.74) is -1.18. The van der Waals surface area contributed by atoms with Gasteiger partial charge in [-0.05, 0) is 42.0 Å². The molecule has 162 valence electrons. The normalized spacial score (nSPS) is 14.0. The van der Waals surface area contributed by atoms with Crippen LogP contribution in [0, 0.1) is 17.0 Å². The van der Waals surface area contributed by atoms with Gasteiger partial charge in [0.2, 0.25) is 5.78 Å². The van der Waals surface area contributed by atoms with Crippen molar-refractivity contribution in [1.29, 1.82) is 5.41 Å². The third kappa shape index (κ3) is 3.74. The van der Waals surface area contributed by atoms with Crippen LogP contribution in [0.5, 0.6) is 0 Å². The number of pyridine rings is 1. The molecule has 2 aromatic heterocycles. The van der Waals surface area contributed by atoms with Crippen LogP contribution in [0.25, 0.3) is 11.0 Å². The number of hydrogen-bond donors (Lipinski definition) is 3. The minimum absolute atomic E-state index is 0.0260. The lowest BCUT2D eigenvalue weighted by atomic mass is 10.0. The number of H-pyrrole nitrogens is 1. The molecule has 32 heavy (non-hydrogen) atoms. The number of sulfonamides is 1. The van der Waals surface area contributed by atoms with Crippen molar-refractivity contribution in [2.24, 2.45) is 0 Å². The molecular formula is C21H13ClF2N4O3S. The fourth-order valence-corrected chi connectivity index (χ4v) is 4.35. The van der Waals surface area contributed by atoms with Crippen molar-refractivity contribution < 1.29 is 22.0 Å². The molecule has 1 aromatic carbocycles. The van der Waals surface area contributed by atoms with Gasteiger partial charge in [-0.25, -0.2) is 22.2 Å². The monoisotopic (exact) mass is 474 g/mol. The van der Waals surface area contributed by atoms with E-state index in [0.29, 0.717) is 0 Å². The van der Waals surface area contributed by atoms with Gasteiger partial charge in [-0.2, -0.15) is 0 Å². The number of fused-ring (bicyclic) bond motifs is 1. The average Bonchev–Trinajstić information content (AvgIpc) is 3.15. The van der Waals surface area contributed by atoms with E-state index in [0.717, 1.165) is 24.3 Å². The average molecular weight is 475 g/mol. The summed E-state index contributed by atoms with van der Waals surface area (Å²) in [6.07, 6.45) is 6.10. The zero-order valence-corrected chi connectivity index (χ0v) is 17.6. The quantitative estimate of drug-likeness (QED) is 0.472. The molecule has 0 fully saturated rings. The Hall–Kier alpha value is -3.63. The maximum Gasteiger partial charge on any atom is 0.262 e. The second-order valence-electron chi connectivity index (χ2n) is 6.79. The van der Waals surface area contributed by atoms with Crippen molar-refractivity contribution in [2.75, 3.05) is 4.72 Å². The second-order valence-corrected chi connectivity index (χ2v) is 8.91. The number of halogens is 3. The number of allylic oxidation sites excluding steroid dienone is 4. The molecule has 3 aromatic rings. The van der Waals surface area contributed by atoms with E-state index in [1.165, 1.54) is 24.5 Å². The van der Waals surface area contributed by atoms with E-state index < -0.39 is 38.7 Å². The van der Waals surface area contributed by atoms with E-state index in [2.05, 4.69) is 16.5 Å². The molecule has 0 atom stereocenters. The van der Waals surface area contributed by atoms with Crippen LogP contribution in [0.3, 0.4) is 0 Å². The highest BCUT2D eigenvalue weighted by Crippen LogP contribution is 2.29. The second kappa shape index (κ2) is 7.81. The van der Waals surface area contributed by atoms with Gasteiger partial charge in [0.15, 0.2) is 5.82 Å². The van der Waals surface area contributed by atoms with Crippen molar-refractivity contribution >= 4 is 49.8 Å². The molecular weight excluding hydrogens is 462 g/mol. The summed E-state index contributed by atoms with van der Waals surface area (Å²) in [7, 11) is -4.31. The highest BCUT2D eigenvalue weighted by atomic mass is 35.5. The molecule has 1 aliphatic rings. The van der Waals surface area contributed by atoms with Gasteiger partial charge in [-0.15, -0.1) is 0 Å². The van der Waals surface area contributed by atoms with Crippen LogP contribution in [0.4, 0.5) is 14.5 Å². The zero-order chi connectivity index (χ0) is 23.2. The van der Waals surface area contributed by atoms with E-state index in [9.17, 15) is 17.6 Å². The fourth-order valence-electron chi connectivity index (χ4n) is 3.08. The van der Waals surface area contributed by atoms with E-state index in [1.54, 1.807) is 0 Å². The molecule has 0 bridgehead atoms. The predicted molar refractivity (Wildman–Crippen MR) is 118 cm³/mol. The summed E-state index contributed by atoms with van der Waals surface area (Å²) < 4.78 is 57.0. The summed E-state index contributed by atoms with van der Waals surface area (Å²) in [4.78, 5) is 19.4. The van der Waals surface area contributed by atoms with Crippen molar-refractivity contribution in [3.05, 3.63) is 93.7 Å². The molecule has 3 N–H and O–H groups in total. The topological polar surface area (TPSA) is 116 Å². The van der Waals surface area contributed by atoms with Crippen molar-refractivity contribution in [3.8, 4) is 0 Å². The maximum atomic E-state index is 15.2. The first kappa shape index (κ1) is 21.6. The SMILES string of the molecule is C=C1C=C(S(=O)(=O)Nc2ccc(F)c(C(=O)c3c[nH]c4ncc(Cl)cc34)c2F)C=CC1=N. The number of hydrogen-bond acceptors (Lipinski definition) is 5. The molecule has 0 aliphatic heterocycles. The van der Waals surface area contributed by atoms with Crippen LogP contribution >= 0.6 is 11.6 Å². The summed E-state index contributed by atoms with van der Waals surface area (Å²) >= 11 is 5.91. The summed E-state index contributed by atoms with van der Waals surface area (Å²) in [5.74, 6) is -3.57.